The maximum absolute atomic E-state index is 11.8. The molecule has 5 nitrogen and oxygen atoms in total. The fraction of sp³-hybridized carbons (Fsp3) is 0.0714. The predicted octanol–water partition coefficient (Wildman–Crippen LogP) is 3.48. The molecule has 0 fully saturated rings. The van der Waals surface area contributed by atoms with E-state index in [1.165, 1.54) is 24.3 Å². The van der Waals surface area contributed by atoms with Crippen molar-refractivity contribution in [2.75, 3.05) is 0 Å². The number of nitro benzene ring substituents is 1. The Hall–Kier alpha value is -2.40. The van der Waals surface area contributed by atoms with Crippen LogP contribution in [0.3, 0.4) is 0 Å². The third-order valence-electron chi connectivity index (χ3n) is 2.57. The van der Waals surface area contributed by atoms with Crippen LogP contribution in [0, 0.1) is 10.1 Å². The van der Waals surface area contributed by atoms with Crippen LogP contribution in [-0.2, 0) is 4.79 Å². The van der Waals surface area contributed by atoms with E-state index in [9.17, 15) is 14.9 Å². The predicted molar refractivity (Wildman–Crippen MR) is 73.8 cm³/mol. The smallest absolute Gasteiger partial charge is 0.334 e. The quantitative estimate of drug-likeness (QED) is 0.284. The minimum absolute atomic E-state index is 0.0738. The average Bonchev–Trinajstić information content (AvgIpc) is 2.48. The van der Waals surface area contributed by atoms with Crippen molar-refractivity contribution < 1.29 is 14.5 Å². The van der Waals surface area contributed by atoms with Gasteiger partial charge in [-0.25, -0.2) is 4.79 Å². The molecule has 0 aliphatic rings. The molecule has 102 valence electrons. The van der Waals surface area contributed by atoms with Crippen LogP contribution < -0.4 is 4.74 Å². The summed E-state index contributed by atoms with van der Waals surface area (Å²) in [5.74, 6) is -0.422. The van der Waals surface area contributed by atoms with Gasteiger partial charge in [-0.05, 0) is 17.7 Å². The van der Waals surface area contributed by atoms with Crippen LogP contribution >= 0.6 is 11.6 Å². The summed E-state index contributed by atoms with van der Waals surface area (Å²) in [5, 5.41) is 9.58. The highest BCUT2D eigenvalue weighted by atomic mass is 35.5. The molecule has 0 heterocycles. The summed E-state index contributed by atoms with van der Waals surface area (Å²) in [6.07, 6.45) is 0. The molecule has 0 amide bonds. The van der Waals surface area contributed by atoms with Gasteiger partial charge in [0.05, 0.1) is 4.92 Å². The van der Waals surface area contributed by atoms with Crippen LogP contribution in [0.15, 0.2) is 54.6 Å². The standard InChI is InChI=1S/C14H10ClNO4/c15-13(10-4-2-1-3-5-10)14(17)20-12-8-6-11(7-9-12)16(18)19/h1-9,13H. The first-order valence-corrected chi connectivity index (χ1v) is 6.17. The molecule has 2 aromatic carbocycles. The first kappa shape index (κ1) is 14.0. The van der Waals surface area contributed by atoms with Crippen LogP contribution in [0.1, 0.15) is 10.9 Å². The molecule has 0 spiro atoms. The van der Waals surface area contributed by atoms with Crippen molar-refractivity contribution in [2.24, 2.45) is 0 Å². The lowest BCUT2D eigenvalue weighted by Crippen LogP contribution is -2.14. The third-order valence-corrected chi connectivity index (χ3v) is 3.00. The number of nitrogens with zero attached hydrogens (tertiary/aromatic N) is 1. The second-order valence-electron chi connectivity index (χ2n) is 3.95. The van der Waals surface area contributed by atoms with Crippen LogP contribution in [0.5, 0.6) is 5.75 Å². The van der Waals surface area contributed by atoms with Crippen molar-refractivity contribution in [3.63, 3.8) is 0 Å². The monoisotopic (exact) mass is 291 g/mol. The Labute approximate surface area is 119 Å². The van der Waals surface area contributed by atoms with E-state index in [-0.39, 0.29) is 11.4 Å². The normalized spacial score (nSPS) is 11.7. The number of hydrogen-bond acceptors (Lipinski definition) is 4. The van der Waals surface area contributed by atoms with Gasteiger partial charge in [0.15, 0.2) is 5.38 Å². The van der Waals surface area contributed by atoms with Crippen molar-refractivity contribution in [2.45, 2.75) is 5.38 Å². The molecule has 2 aromatic rings. The molecule has 1 unspecified atom stereocenters. The van der Waals surface area contributed by atoms with E-state index < -0.39 is 16.3 Å². The number of ether oxygens (including phenoxy) is 1. The Balaban J connectivity index is 2.06. The number of esters is 1. The van der Waals surface area contributed by atoms with Crippen molar-refractivity contribution in [1.29, 1.82) is 0 Å². The first-order valence-electron chi connectivity index (χ1n) is 5.73. The largest absolute Gasteiger partial charge is 0.425 e. The summed E-state index contributed by atoms with van der Waals surface area (Å²) < 4.78 is 5.07. The molecular formula is C14H10ClNO4. The van der Waals surface area contributed by atoms with E-state index in [0.29, 0.717) is 5.56 Å². The number of non-ortho nitro benzene ring substituents is 1. The average molecular weight is 292 g/mol. The molecule has 0 saturated carbocycles. The van der Waals surface area contributed by atoms with Crippen molar-refractivity contribution in [3.05, 3.63) is 70.3 Å². The Kier molecular flexibility index (Phi) is 4.32. The van der Waals surface area contributed by atoms with Crippen molar-refractivity contribution in [1.82, 2.24) is 0 Å². The molecule has 2 rings (SSSR count). The zero-order valence-corrected chi connectivity index (χ0v) is 11.0. The van der Waals surface area contributed by atoms with Gasteiger partial charge in [-0.3, -0.25) is 10.1 Å². The van der Waals surface area contributed by atoms with Gasteiger partial charge in [-0.15, -0.1) is 11.6 Å². The lowest BCUT2D eigenvalue weighted by atomic mass is 10.1. The van der Waals surface area contributed by atoms with E-state index in [1.54, 1.807) is 24.3 Å². The Morgan fingerprint density at radius 1 is 1.10 bits per heavy atom. The number of nitro groups is 1. The summed E-state index contributed by atoms with van der Waals surface area (Å²) in [4.78, 5) is 21.8. The van der Waals surface area contributed by atoms with Crippen molar-refractivity contribution >= 4 is 23.3 Å². The number of halogens is 1. The van der Waals surface area contributed by atoms with Crippen molar-refractivity contribution in [3.8, 4) is 5.75 Å². The van der Waals surface area contributed by atoms with Gasteiger partial charge in [0.25, 0.3) is 5.69 Å². The topological polar surface area (TPSA) is 69.4 Å². The number of hydrogen-bond donors (Lipinski definition) is 0. The Morgan fingerprint density at radius 3 is 2.25 bits per heavy atom. The van der Waals surface area contributed by atoms with E-state index >= 15 is 0 Å². The highest BCUT2D eigenvalue weighted by Crippen LogP contribution is 2.24. The maximum Gasteiger partial charge on any atom is 0.334 e. The molecule has 0 aliphatic carbocycles. The van der Waals surface area contributed by atoms with E-state index in [4.69, 9.17) is 16.3 Å². The summed E-state index contributed by atoms with van der Waals surface area (Å²) in [5.41, 5.74) is 0.552. The molecule has 0 radical (unpaired) electrons. The van der Waals surface area contributed by atoms with Gasteiger partial charge in [0.2, 0.25) is 0 Å². The van der Waals surface area contributed by atoms with Gasteiger partial charge in [0.1, 0.15) is 5.75 Å². The van der Waals surface area contributed by atoms with Gasteiger partial charge in [-0.2, -0.15) is 0 Å². The molecular weight excluding hydrogens is 282 g/mol. The van der Waals surface area contributed by atoms with E-state index in [2.05, 4.69) is 0 Å². The summed E-state index contributed by atoms with van der Waals surface area (Å²) in [7, 11) is 0. The molecule has 0 saturated heterocycles. The van der Waals surface area contributed by atoms with Crippen LogP contribution in [0.4, 0.5) is 5.69 Å². The molecule has 0 aromatic heterocycles. The number of carbonyl (C=O) groups is 1. The number of benzene rings is 2. The van der Waals surface area contributed by atoms with Gasteiger partial charge < -0.3 is 4.74 Å². The molecule has 0 bridgehead atoms. The van der Waals surface area contributed by atoms with Crippen LogP contribution in [0.2, 0.25) is 0 Å². The summed E-state index contributed by atoms with van der Waals surface area (Å²) in [6, 6.07) is 14.0. The lowest BCUT2D eigenvalue weighted by Gasteiger charge is -2.09. The third kappa shape index (κ3) is 3.33. The minimum atomic E-state index is -0.925. The highest BCUT2D eigenvalue weighted by molar-refractivity contribution is 6.30. The zero-order valence-electron chi connectivity index (χ0n) is 10.2. The summed E-state index contributed by atoms with van der Waals surface area (Å²) >= 11 is 6.01. The Bertz CT molecular complexity index is 613. The molecule has 1 atom stereocenters. The maximum atomic E-state index is 11.8. The highest BCUT2D eigenvalue weighted by Gasteiger charge is 2.20. The summed E-state index contributed by atoms with van der Waals surface area (Å²) in [6.45, 7) is 0. The van der Waals surface area contributed by atoms with Crippen LogP contribution in [0.25, 0.3) is 0 Å². The van der Waals surface area contributed by atoms with Gasteiger partial charge in [0, 0.05) is 12.1 Å². The lowest BCUT2D eigenvalue weighted by molar-refractivity contribution is -0.384. The van der Waals surface area contributed by atoms with E-state index in [0.717, 1.165) is 0 Å². The fourth-order valence-corrected chi connectivity index (χ4v) is 1.75. The first-order chi connectivity index (χ1) is 9.58. The molecule has 0 N–H and O–H groups in total. The second-order valence-corrected chi connectivity index (χ2v) is 4.38. The molecule has 0 aliphatic heterocycles. The number of alkyl halides is 1. The van der Waals surface area contributed by atoms with Gasteiger partial charge >= 0.3 is 5.97 Å². The minimum Gasteiger partial charge on any atom is -0.425 e. The molecule has 6 heteroatoms. The molecule has 20 heavy (non-hydrogen) atoms. The number of rotatable bonds is 4. The Morgan fingerprint density at radius 2 is 1.70 bits per heavy atom. The SMILES string of the molecule is O=C(Oc1ccc([N+](=O)[O-])cc1)C(Cl)c1ccccc1. The number of carbonyl (C=O) groups excluding carboxylic acids is 1. The second kappa shape index (κ2) is 6.16. The van der Waals surface area contributed by atoms with Crippen LogP contribution in [-0.4, -0.2) is 10.9 Å². The zero-order chi connectivity index (χ0) is 14.5. The fourth-order valence-electron chi connectivity index (χ4n) is 1.56. The van der Waals surface area contributed by atoms with Gasteiger partial charge in [-0.1, -0.05) is 30.3 Å². The van der Waals surface area contributed by atoms with E-state index in [1.807, 2.05) is 6.07 Å².